The van der Waals surface area contributed by atoms with Gasteiger partial charge in [0.05, 0.1) is 0 Å². The Morgan fingerprint density at radius 3 is 2.60 bits per heavy atom. The predicted octanol–water partition coefficient (Wildman–Crippen LogP) is -0.531. The second kappa shape index (κ2) is 3.24. The van der Waals surface area contributed by atoms with E-state index in [1.807, 2.05) is 0 Å². The molecule has 1 aromatic heterocycles. The van der Waals surface area contributed by atoms with Crippen molar-refractivity contribution in [1.82, 2.24) is 9.97 Å². The molecule has 3 N–H and O–H groups in total. The minimum absolute atomic E-state index is 0.157. The average Bonchev–Trinajstić information content (AvgIpc) is 2.05. The average molecular weight is 139 g/mol. The van der Waals surface area contributed by atoms with E-state index in [4.69, 9.17) is 10.8 Å². The summed E-state index contributed by atoms with van der Waals surface area (Å²) < 4.78 is 0. The van der Waals surface area contributed by atoms with Crippen molar-refractivity contribution in [1.29, 1.82) is 0 Å². The van der Waals surface area contributed by atoms with Crippen LogP contribution in [0.3, 0.4) is 0 Å². The van der Waals surface area contributed by atoms with Gasteiger partial charge in [-0.05, 0) is 6.07 Å². The van der Waals surface area contributed by atoms with Gasteiger partial charge in [-0.3, -0.25) is 0 Å². The SMILES string of the molecule is NC[C@H](O)c1ncccn1. The molecule has 0 spiro atoms. The second-order valence-electron chi connectivity index (χ2n) is 1.86. The highest BCUT2D eigenvalue weighted by atomic mass is 16.3. The molecule has 0 aromatic carbocycles. The Hall–Kier alpha value is -1.00. The fraction of sp³-hybridized carbons (Fsp3) is 0.333. The second-order valence-corrected chi connectivity index (χ2v) is 1.86. The van der Waals surface area contributed by atoms with Crippen molar-refractivity contribution in [2.45, 2.75) is 6.10 Å². The van der Waals surface area contributed by atoms with E-state index in [0.717, 1.165) is 0 Å². The summed E-state index contributed by atoms with van der Waals surface area (Å²) in [5, 5.41) is 9.08. The molecule has 1 heterocycles. The van der Waals surface area contributed by atoms with Gasteiger partial charge in [-0.15, -0.1) is 0 Å². The fourth-order valence-electron chi connectivity index (χ4n) is 0.588. The number of hydrogen-bond donors (Lipinski definition) is 2. The molecule has 4 nitrogen and oxygen atoms in total. The zero-order valence-corrected chi connectivity index (χ0v) is 5.44. The molecule has 0 unspecified atom stereocenters. The normalized spacial score (nSPS) is 13.0. The molecule has 0 aliphatic rings. The smallest absolute Gasteiger partial charge is 0.158 e. The largest absolute Gasteiger partial charge is 0.384 e. The highest BCUT2D eigenvalue weighted by Crippen LogP contribution is 2.01. The molecular weight excluding hydrogens is 130 g/mol. The number of aliphatic hydroxyl groups is 1. The molecule has 0 saturated carbocycles. The third-order valence-corrected chi connectivity index (χ3v) is 1.11. The van der Waals surface area contributed by atoms with Gasteiger partial charge < -0.3 is 10.8 Å². The number of nitrogens with zero attached hydrogens (tertiary/aromatic N) is 2. The van der Waals surface area contributed by atoms with Crippen molar-refractivity contribution in [3.05, 3.63) is 24.3 Å². The third-order valence-electron chi connectivity index (χ3n) is 1.11. The maximum absolute atomic E-state index is 9.08. The molecule has 0 aliphatic carbocycles. The van der Waals surface area contributed by atoms with E-state index in [1.54, 1.807) is 18.5 Å². The Morgan fingerprint density at radius 2 is 2.10 bits per heavy atom. The summed E-state index contributed by atoms with van der Waals surface area (Å²) in [4.78, 5) is 7.62. The van der Waals surface area contributed by atoms with Crippen LogP contribution in [0.2, 0.25) is 0 Å². The molecule has 10 heavy (non-hydrogen) atoms. The molecule has 0 fully saturated rings. The van der Waals surface area contributed by atoms with Gasteiger partial charge >= 0.3 is 0 Å². The van der Waals surface area contributed by atoms with Crippen molar-refractivity contribution in [2.24, 2.45) is 5.73 Å². The van der Waals surface area contributed by atoms with Crippen LogP contribution in [0.1, 0.15) is 11.9 Å². The van der Waals surface area contributed by atoms with Crippen LogP contribution >= 0.6 is 0 Å². The Bertz CT molecular complexity index is 189. The maximum atomic E-state index is 9.08. The lowest BCUT2D eigenvalue weighted by Crippen LogP contribution is -2.13. The molecule has 1 atom stereocenters. The minimum atomic E-state index is -0.735. The zero-order valence-electron chi connectivity index (χ0n) is 5.44. The summed E-state index contributed by atoms with van der Waals surface area (Å²) in [7, 11) is 0. The first-order valence-electron chi connectivity index (χ1n) is 2.99. The zero-order chi connectivity index (χ0) is 7.40. The summed E-state index contributed by atoms with van der Waals surface area (Å²) >= 11 is 0. The lowest BCUT2D eigenvalue weighted by Gasteiger charge is -2.02. The van der Waals surface area contributed by atoms with Crippen molar-refractivity contribution >= 4 is 0 Å². The van der Waals surface area contributed by atoms with Gasteiger partial charge in [0, 0.05) is 18.9 Å². The number of aromatic nitrogens is 2. The number of hydrogen-bond acceptors (Lipinski definition) is 4. The van der Waals surface area contributed by atoms with Gasteiger partial charge in [-0.2, -0.15) is 0 Å². The van der Waals surface area contributed by atoms with Crippen molar-refractivity contribution in [3.8, 4) is 0 Å². The van der Waals surface area contributed by atoms with Crippen LogP contribution < -0.4 is 5.73 Å². The van der Waals surface area contributed by atoms with Crippen LogP contribution in [-0.4, -0.2) is 21.6 Å². The van der Waals surface area contributed by atoms with Crippen molar-refractivity contribution in [2.75, 3.05) is 6.54 Å². The van der Waals surface area contributed by atoms with E-state index in [-0.39, 0.29) is 6.54 Å². The first kappa shape index (κ1) is 7.11. The van der Waals surface area contributed by atoms with Crippen LogP contribution in [0.15, 0.2) is 18.5 Å². The number of nitrogens with two attached hydrogens (primary N) is 1. The van der Waals surface area contributed by atoms with Gasteiger partial charge in [0.15, 0.2) is 5.82 Å². The molecule has 0 saturated heterocycles. The van der Waals surface area contributed by atoms with E-state index in [1.165, 1.54) is 0 Å². The van der Waals surface area contributed by atoms with Gasteiger partial charge in [-0.25, -0.2) is 9.97 Å². The Balaban J connectivity index is 2.75. The van der Waals surface area contributed by atoms with Gasteiger partial charge in [0.1, 0.15) is 6.10 Å². The predicted molar refractivity (Wildman–Crippen MR) is 36.0 cm³/mol. The standard InChI is InChI=1S/C6H9N3O/c7-4-5(10)6-8-2-1-3-9-6/h1-3,5,10H,4,7H2/t5-/m0/s1. The Morgan fingerprint density at radius 1 is 1.50 bits per heavy atom. The quantitative estimate of drug-likeness (QED) is 0.577. The summed E-state index contributed by atoms with van der Waals surface area (Å²) in [5.74, 6) is 0.380. The summed E-state index contributed by atoms with van der Waals surface area (Å²) in [5.41, 5.74) is 5.17. The van der Waals surface area contributed by atoms with E-state index >= 15 is 0 Å². The van der Waals surface area contributed by atoms with Crippen LogP contribution in [0.5, 0.6) is 0 Å². The van der Waals surface area contributed by atoms with Crippen LogP contribution in [0, 0.1) is 0 Å². The number of aliphatic hydroxyl groups excluding tert-OH is 1. The minimum Gasteiger partial charge on any atom is -0.384 e. The molecule has 0 bridgehead atoms. The van der Waals surface area contributed by atoms with Gasteiger partial charge in [-0.1, -0.05) is 0 Å². The van der Waals surface area contributed by atoms with E-state index in [2.05, 4.69) is 9.97 Å². The van der Waals surface area contributed by atoms with Crippen LogP contribution in [-0.2, 0) is 0 Å². The molecule has 0 amide bonds. The van der Waals surface area contributed by atoms with E-state index < -0.39 is 6.10 Å². The van der Waals surface area contributed by atoms with E-state index in [0.29, 0.717) is 5.82 Å². The lowest BCUT2D eigenvalue weighted by atomic mass is 10.3. The van der Waals surface area contributed by atoms with Crippen LogP contribution in [0.25, 0.3) is 0 Å². The van der Waals surface area contributed by atoms with Gasteiger partial charge in [0.25, 0.3) is 0 Å². The first-order valence-corrected chi connectivity index (χ1v) is 2.99. The lowest BCUT2D eigenvalue weighted by molar-refractivity contribution is 0.176. The number of rotatable bonds is 2. The molecular formula is C6H9N3O. The maximum Gasteiger partial charge on any atom is 0.158 e. The fourth-order valence-corrected chi connectivity index (χ4v) is 0.588. The molecule has 1 rings (SSSR count). The summed E-state index contributed by atoms with van der Waals surface area (Å²) in [6, 6.07) is 1.69. The van der Waals surface area contributed by atoms with Crippen molar-refractivity contribution in [3.63, 3.8) is 0 Å². The Kier molecular flexibility index (Phi) is 2.30. The highest BCUT2D eigenvalue weighted by Gasteiger charge is 2.05. The first-order chi connectivity index (χ1) is 4.84. The van der Waals surface area contributed by atoms with Gasteiger partial charge in [0.2, 0.25) is 0 Å². The van der Waals surface area contributed by atoms with E-state index in [9.17, 15) is 0 Å². The van der Waals surface area contributed by atoms with Crippen LogP contribution in [0.4, 0.5) is 0 Å². The Labute approximate surface area is 58.7 Å². The summed E-state index contributed by atoms with van der Waals surface area (Å²) in [6.07, 6.45) is 2.41. The molecule has 54 valence electrons. The summed E-state index contributed by atoms with van der Waals surface area (Å²) in [6.45, 7) is 0.157. The topological polar surface area (TPSA) is 72.0 Å². The molecule has 0 radical (unpaired) electrons. The molecule has 1 aromatic rings. The molecule has 0 aliphatic heterocycles. The highest BCUT2D eigenvalue weighted by molar-refractivity contribution is 4.92. The molecule has 4 heteroatoms. The monoisotopic (exact) mass is 139 g/mol. The third kappa shape index (κ3) is 1.49. The van der Waals surface area contributed by atoms with Crippen molar-refractivity contribution < 1.29 is 5.11 Å².